The molecule has 2 aromatic heterocycles. The first-order chi connectivity index (χ1) is 12.7. The molecule has 4 rings (SSSR count). The summed E-state index contributed by atoms with van der Waals surface area (Å²) in [7, 11) is 0. The van der Waals surface area contributed by atoms with Crippen molar-refractivity contribution in [2.75, 3.05) is 26.3 Å². The first kappa shape index (κ1) is 17.0. The maximum atomic E-state index is 12.8. The van der Waals surface area contributed by atoms with Gasteiger partial charge in [0.25, 0.3) is 5.91 Å². The average molecular weight is 357 g/mol. The van der Waals surface area contributed by atoms with Crippen LogP contribution in [0.2, 0.25) is 0 Å². The third kappa shape index (κ3) is 3.31. The van der Waals surface area contributed by atoms with E-state index in [-0.39, 0.29) is 17.4 Å². The number of aromatic nitrogens is 2. The van der Waals surface area contributed by atoms with E-state index in [1.165, 1.54) is 0 Å². The van der Waals surface area contributed by atoms with Crippen LogP contribution in [0.5, 0.6) is 5.75 Å². The van der Waals surface area contributed by atoms with Crippen LogP contribution in [0.25, 0.3) is 0 Å². The molecule has 26 heavy (non-hydrogen) atoms. The number of fused-ring (bicyclic) bond motifs is 1. The van der Waals surface area contributed by atoms with E-state index in [1.807, 2.05) is 17.0 Å². The fourth-order valence-electron chi connectivity index (χ4n) is 3.96. The van der Waals surface area contributed by atoms with Crippen LogP contribution in [0.1, 0.15) is 35.5 Å². The number of hydrogen-bond acceptors (Lipinski definition) is 6. The number of amides is 1. The second-order valence-electron chi connectivity index (χ2n) is 7.14. The maximum absolute atomic E-state index is 12.8. The van der Waals surface area contributed by atoms with Gasteiger partial charge in [-0.2, -0.15) is 0 Å². The molecule has 0 bridgehead atoms. The van der Waals surface area contributed by atoms with Gasteiger partial charge in [-0.25, -0.2) is 0 Å². The van der Waals surface area contributed by atoms with Gasteiger partial charge in [-0.1, -0.05) is 5.16 Å². The van der Waals surface area contributed by atoms with Gasteiger partial charge in [-0.3, -0.25) is 9.78 Å². The van der Waals surface area contributed by atoms with E-state index in [1.54, 1.807) is 25.4 Å². The van der Waals surface area contributed by atoms with Crippen LogP contribution in [0, 0.1) is 12.3 Å². The fraction of sp³-hybridized carbons (Fsp3) is 0.526. The number of carbonyl (C=O) groups excluding carboxylic acids is 1. The van der Waals surface area contributed by atoms with Crippen molar-refractivity contribution in [2.45, 2.75) is 32.3 Å². The third-order valence-electron chi connectivity index (χ3n) is 5.28. The van der Waals surface area contributed by atoms with Crippen LogP contribution in [0.4, 0.5) is 0 Å². The molecule has 2 atom stereocenters. The molecule has 0 saturated carbocycles. The van der Waals surface area contributed by atoms with E-state index < -0.39 is 0 Å². The highest BCUT2D eigenvalue weighted by molar-refractivity contribution is 5.92. The summed E-state index contributed by atoms with van der Waals surface area (Å²) in [5, 5.41) is 3.87. The number of likely N-dealkylation sites (tertiary alicyclic amines) is 1. The highest BCUT2D eigenvalue weighted by atomic mass is 16.5. The third-order valence-corrected chi connectivity index (χ3v) is 5.28. The molecule has 2 fully saturated rings. The van der Waals surface area contributed by atoms with Crippen molar-refractivity contribution in [1.29, 1.82) is 0 Å². The van der Waals surface area contributed by atoms with Crippen molar-refractivity contribution in [3.05, 3.63) is 42.0 Å². The van der Waals surface area contributed by atoms with Gasteiger partial charge < -0.3 is 18.9 Å². The number of piperidine rings is 1. The van der Waals surface area contributed by atoms with Gasteiger partial charge in [-0.15, -0.1) is 0 Å². The Balaban J connectivity index is 1.51. The van der Waals surface area contributed by atoms with Crippen molar-refractivity contribution in [1.82, 2.24) is 15.0 Å². The molecule has 2 saturated heterocycles. The van der Waals surface area contributed by atoms with Gasteiger partial charge in [-0.05, 0) is 38.3 Å². The summed E-state index contributed by atoms with van der Waals surface area (Å²) in [6.45, 7) is 4.32. The second kappa shape index (κ2) is 7.07. The molecule has 0 aromatic carbocycles. The molecule has 7 nitrogen and oxygen atoms in total. The molecular weight excluding hydrogens is 334 g/mol. The quantitative estimate of drug-likeness (QED) is 0.836. The lowest BCUT2D eigenvalue weighted by molar-refractivity contribution is -0.133. The number of pyridine rings is 1. The van der Waals surface area contributed by atoms with Crippen LogP contribution in [-0.4, -0.2) is 53.4 Å². The van der Waals surface area contributed by atoms with Gasteiger partial charge in [0.1, 0.15) is 11.5 Å². The van der Waals surface area contributed by atoms with Gasteiger partial charge in [0.15, 0.2) is 5.69 Å². The zero-order valence-corrected chi connectivity index (χ0v) is 14.9. The summed E-state index contributed by atoms with van der Waals surface area (Å²) in [6, 6.07) is 5.43. The van der Waals surface area contributed by atoms with Crippen LogP contribution < -0.4 is 4.74 Å². The Bertz CT molecular complexity index is 763. The van der Waals surface area contributed by atoms with Gasteiger partial charge >= 0.3 is 0 Å². The highest BCUT2D eigenvalue weighted by Crippen LogP contribution is 2.41. The average Bonchev–Trinajstić information content (AvgIpc) is 3.12. The van der Waals surface area contributed by atoms with E-state index in [9.17, 15) is 4.79 Å². The lowest BCUT2D eigenvalue weighted by Crippen LogP contribution is -2.58. The molecule has 4 heterocycles. The predicted molar refractivity (Wildman–Crippen MR) is 92.9 cm³/mol. The van der Waals surface area contributed by atoms with E-state index in [0.29, 0.717) is 31.2 Å². The maximum Gasteiger partial charge on any atom is 0.276 e. The Morgan fingerprint density at radius 3 is 3.19 bits per heavy atom. The smallest absolute Gasteiger partial charge is 0.276 e. The molecule has 2 aliphatic heterocycles. The summed E-state index contributed by atoms with van der Waals surface area (Å²) in [6.07, 6.45) is 6.28. The summed E-state index contributed by atoms with van der Waals surface area (Å²) < 4.78 is 17.1. The fourth-order valence-corrected chi connectivity index (χ4v) is 3.96. The Labute approximate surface area is 152 Å². The molecule has 2 aliphatic rings. The van der Waals surface area contributed by atoms with Crippen molar-refractivity contribution in [3.63, 3.8) is 0 Å². The molecule has 7 heteroatoms. The van der Waals surface area contributed by atoms with Crippen LogP contribution in [0.3, 0.4) is 0 Å². The second-order valence-corrected chi connectivity index (χ2v) is 7.14. The monoisotopic (exact) mass is 357 g/mol. The van der Waals surface area contributed by atoms with E-state index in [4.69, 9.17) is 14.0 Å². The minimum Gasteiger partial charge on any atom is -0.491 e. The molecule has 0 spiro atoms. The predicted octanol–water partition coefficient (Wildman–Crippen LogP) is 2.47. The topological polar surface area (TPSA) is 77.7 Å². The zero-order chi connectivity index (χ0) is 18.0. The Hall–Kier alpha value is -2.41. The largest absolute Gasteiger partial charge is 0.491 e. The minimum absolute atomic E-state index is 0.0911. The van der Waals surface area contributed by atoms with Crippen LogP contribution in [-0.2, 0) is 4.74 Å². The number of rotatable bonds is 4. The number of aryl methyl sites for hydroxylation is 1. The Kier molecular flexibility index (Phi) is 4.63. The molecule has 0 radical (unpaired) electrons. The number of hydrogen-bond donors (Lipinski definition) is 0. The highest BCUT2D eigenvalue weighted by Gasteiger charge is 2.48. The summed E-state index contributed by atoms with van der Waals surface area (Å²) in [5.41, 5.74) is 0.154. The summed E-state index contributed by atoms with van der Waals surface area (Å²) in [4.78, 5) is 18.8. The molecule has 0 unspecified atom stereocenters. The van der Waals surface area contributed by atoms with Crippen molar-refractivity contribution >= 4 is 5.91 Å². The SMILES string of the molecule is Cc1cc(C(=O)N2CC[C@@H]3OCCC[C@]3(COc3cccnc3)C2)no1. The minimum atomic E-state index is -0.208. The molecule has 0 N–H and O–H groups in total. The molecule has 2 aromatic rings. The van der Waals surface area contributed by atoms with Gasteiger partial charge in [0.2, 0.25) is 0 Å². The number of nitrogens with zero attached hydrogens (tertiary/aromatic N) is 3. The van der Waals surface area contributed by atoms with E-state index in [0.717, 1.165) is 31.6 Å². The Morgan fingerprint density at radius 2 is 2.42 bits per heavy atom. The number of carbonyl (C=O) groups is 1. The van der Waals surface area contributed by atoms with Crippen molar-refractivity contribution in [2.24, 2.45) is 5.41 Å². The van der Waals surface area contributed by atoms with Crippen LogP contribution in [0.15, 0.2) is 35.1 Å². The summed E-state index contributed by atoms with van der Waals surface area (Å²) in [5.74, 6) is 1.28. The first-order valence-corrected chi connectivity index (χ1v) is 9.03. The lowest BCUT2D eigenvalue weighted by Gasteiger charge is -2.49. The van der Waals surface area contributed by atoms with Crippen molar-refractivity contribution < 1.29 is 18.8 Å². The van der Waals surface area contributed by atoms with Gasteiger partial charge in [0.05, 0.1) is 18.9 Å². The molecule has 0 aliphatic carbocycles. The zero-order valence-electron chi connectivity index (χ0n) is 14.9. The van der Waals surface area contributed by atoms with Crippen molar-refractivity contribution in [3.8, 4) is 5.75 Å². The normalized spacial score (nSPS) is 25.6. The van der Waals surface area contributed by atoms with Crippen LogP contribution >= 0.6 is 0 Å². The number of ether oxygens (including phenoxy) is 2. The standard InChI is InChI=1S/C19H23N3O4/c1-14-10-16(21-26-14)18(23)22-8-5-17-19(12-22,6-3-9-24-17)13-25-15-4-2-7-20-11-15/h2,4,7,10-11,17H,3,5-6,8-9,12-13H2,1H3/t17-,19+/m0/s1. The van der Waals surface area contributed by atoms with Gasteiger partial charge in [0, 0.05) is 37.4 Å². The first-order valence-electron chi connectivity index (χ1n) is 9.03. The lowest BCUT2D eigenvalue weighted by atomic mass is 9.73. The molecular formula is C19H23N3O4. The Morgan fingerprint density at radius 1 is 1.50 bits per heavy atom. The molecule has 138 valence electrons. The van der Waals surface area contributed by atoms with E-state index >= 15 is 0 Å². The molecule has 1 amide bonds. The van der Waals surface area contributed by atoms with E-state index in [2.05, 4.69) is 10.1 Å². The summed E-state index contributed by atoms with van der Waals surface area (Å²) >= 11 is 0.